The van der Waals surface area contributed by atoms with Gasteiger partial charge in [-0.25, -0.2) is 14.4 Å². The molecule has 11 N–H and O–H groups in total. The number of amides is 8. The molecule has 2 fully saturated rings. The molecule has 0 bridgehead atoms. The topological polar surface area (TPSA) is 302 Å². The van der Waals surface area contributed by atoms with Crippen LogP contribution < -0.4 is 32.3 Å². The Morgan fingerprint density at radius 3 is 2.22 bits per heavy atom. The molecule has 59 heavy (non-hydrogen) atoms. The van der Waals surface area contributed by atoms with E-state index in [1.807, 2.05) is 0 Å². The van der Waals surface area contributed by atoms with Crippen molar-refractivity contribution in [3.8, 4) is 11.5 Å². The van der Waals surface area contributed by atoms with Gasteiger partial charge in [-0.1, -0.05) is 24.3 Å². The van der Waals surface area contributed by atoms with E-state index < -0.39 is 84.2 Å². The number of nitrogens with zero attached hydrogens (tertiary/aromatic N) is 2. The van der Waals surface area contributed by atoms with Gasteiger partial charge in [0, 0.05) is 39.1 Å². The number of likely N-dealkylation sites (N-methyl/N-ethyl adjacent to an activating group) is 1. The Morgan fingerprint density at radius 2 is 1.63 bits per heavy atom. The van der Waals surface area contributed by atoms with Crippen LogP contribution in [0, 0.1) is 0 Å². The largest absolute Gasteiger partial charge is 0.508 e. The van der Waals surface area contributed by atoms with Gasteiger partial charge in [-0.2, -0.15) is 11.8 Å². The fourth-order valence-corrected chi connectivity index (χ4v) is 6.84. The first-order chi connectivity index (χ1) is 28.0. The molecular weight excluding hydrogens is 793 g/mol. The number of carboxylic acid groups (broad SMARTS) is 1. The highest BCUT2D eigenvalue weighted by atomic mass is 32.2. The van der Waals surface area contributed by atoms with Crippen LogP contribution in [0.3, 0.4) is 0 Å². The summed E-state index contributed by atoms with van der Waals surface area (Å²) in [5.41, 5.74) is 7.26. The zero-order valence-corrected chi connectivity index (χ0v) is 33.4. The van der Waals surface area contributed by atoms with E-state index in [9.17, 15) is 54.0 Å². The van der Waals surface area contributed by atoms with Crippen LogP contribution in [0.2, 0.25) is 0 Å². The smallest absolute Gasteiger partial charge is 0.327 e. The Balaban J connectivity index is 1.53. The van der Waals surface area contributed by atoms with Crippen LogP contribution in [0.5, 0.6) is 11.5 Å². The molecule has 2 heterocycles. The number of carbonyl (C=O) groups is 7. The van der Waals surface area contributed by atoms with Crippen molar-refractivity contribution in [2.24, 2.45) is 5.73 Å². The van der Waals surface area contributed by atoms with Gasteiger partial charge in [-0.05, 0) is 67.2 Å². The fraction of sp³-hybridized carbons (Fsp3) is 0.447. The van der Waals surface area contributed by atoms with Crippen molar-refractivity contribution in [1.82, 2.24) is 36.4 Å². The van der Waals surface area contributed by atoms with Crippen LogP contribution >= 0.6 is 11.8 Å². The number of nitrogens with one attached hydrogen (secondary N) is 5. The van der Waals surface area contributed by atoms with E-state index in [0.29, 0.717) is 16.9 Å². The number of aromatic hydroxyl groups is 2. The summed E-state index contributed by atoms with van der Waals surface area (Å²) in [6.07, 6.45) is 0.281. The molecule has 2 saturated heterocycles. The van der Waals surface area contributed by atoms with Crippen molar-refractivity contribution < 1.29 is 58.7 Å². The summed E-state index contributed by atoms with van der Waals surface area (Å²) in [6.45, 7) is 1.47. The van der Waals surface area contributed by atoms with E-state index in [4.69, 9.17) is 10.5 Å². The minimum absolute atomic E-state index is 0.00917. The molecule has 2 aliphatic heterocycles. The maximum atomic E-state index is 13.9. The highest BCUT2D eigenvalue weighted by molar-refractivity contribution is 7.98. The number of urea groups is 2. The van der Waals surface area contributed by atoms with Crippen LogP contribution in [-0.4, -0.2) is 140 Å². The summed E-state index contributed by atoms with van der Waals surface area (Å²) in [7, 11) is 1.38. The van der Waals surface area contributed by atoms with Gasteiger partial charge in [0.2, 0.25) is 29.9 Å². The first-order valence-electron chi connectivity index (χ1n) is 18.6. The van der Waals surface area contributed by atoms with Crippen molar-refractivity contribution in [1.29, 1.82) is 0 Å². The van der Waals surface area contributed by atoms with Gasteiger partial charge in [0.1, 0.15) is 41.5 Å². The molecule has 0 spiro atoms. The molecule has 8 amide bonds. The number of aliphatic carboxylic acids is 1. The van der Waals surface area contributed by atoms with Gasteiger partial charge in [-0.3, -0.25) is 29.4 Å². The first kappa shape index (κ1) is 45.6. The summed E-state index contributed by atoms with van der Waals surface area (Å²) in [4.78, 5) is 93.0. The Morgan fingerprint density at radius 1 is 1.00 bits per heavy atom. The standard InChI is InChI=1S/C38H50N8O12S/c1-20(45(2)34(53)26(39)16-21-6-4-8-23(47)14-21)31(33(52)40-19-25-18-29(49)35(58-25)46-12-10-30(50)43-38(46)57)44-32(51)27(11-13-59-3)41-37(56)42-28(36(54)55)17-22-7-5-9-24(48)15-22/h4-9,14-15,19-20,26-29,31,35,47-49H,10-13,16-18,39H2,1-3H3,(H,40,52)(H,44,51)(H,54,55)(H2,41,42,56)(H,43,50,57). The molecule has 20 nitrogen and oxygen atoms in total. The number of hydrogen-bond acceptors (Lipinski definition) is 13. The monoisotopic (exact) mass is 842 g/mol. The number of rotatable bonds is 18. The second-order valence-electron chi connectivity index (χ2n) is 14.1. The van der Waals surface area contributed by atoms with Crippen LogP contribution in [0.25, 0.3) is 0 Å². The van der Waals surface area contributed by atoms with Gasteiger partial charge in [0.05, 0.1) is 12.1 Å². The van der Waals surface area contributed by atoms with Gasteiger partial charge in [0.15, 0.2) is 0 Å². The number of carboxylic acids is 1. The maximum Gasteiger partial charge on any atom is 0.327 e. The SMILES string of the molecule is CSCCC(NC(=O)NC(Cc1cccc(O)c1)C(=O)O)C(=O)NC(C(=O)NC=C1CC(O)C(N2CCC(=O)NC2=O)O1)C(C)N(C)C(=O)C(N)Cc1cccc(O)c1. The molecule has 0 saturated carbocycles. The zero-order chi connectivity index (χ0) is 43.4. The van der Waals surface area contributed by atoms with E-state index in [1.165, 1.54) is 61.0 Å². The van der Waals surface area contributed by atoms with Crippen LogP contribution in [0.4, 0.5) is 9.59 Å². The van der Waals surface area contributed by atoms with Gasteiger partial charge >= 0.3 is 18.0 Å². The molecular formula is C38H50N8O12S. The quantitative estimate of drug-likeness (QED) is 0.0899. The zero-order valence-electron chi connectivity index (χ0n) is 32.6. The van der Waals surface area contributed by atoms with Crippen molar-refractivity contribution in [3.05, 3.63) is 71.6 Å². The van der Waals surface area contributed by atoms with Crippen LogP contribution in [0.1, 0.15) is 37.3 Å². The summed E-state index contributed by atoms with van der Waals surface area (Å²) < 4.78 is 5.74. The number of carbonyl (C=O) groups excluding carboxylic acids is 6. The van der Waals surface area contributed by atoms with E-state index >= 15 is 0 Å². The predicted octanol–water partition coefficient (Wildman–Crippen LogP) is -0.577. The molecule has 2 aromatic rings. The summed E-state index contributed by atoms with van der Waals surface area (Å²) in [6, 6.07) is 3.80. The lowest BCUT2D eigenvalue weighted by Gasteiger charge is -2.34. The Bertz CT molecular complexity index is 1920. The highest BCUT2D eigenvalue weighted by Crippen LogP contribution is 2.27. The average Bonchev–Trinajstić information content (AvgIpc) is 3.55. The third-order valence-electron chi connectivity index (χ3n) is 9.67. The number of aliphatic hydroxyl groups is 1. The van der Waals surface area contributed by atoms with Crippen molar-refractivity contribution in [3.63, 3.8) is 0 Å². The van der Waals surface area contributed by atoms with Gasteiger partial charge < -0.3 is 57.1 Å². The van der Waals surface area contributed by atoms with E-state index in [-0.39, 0.29) is 55.9 Å². The molecule has 0 radical (unpaired) electrons. The minimum atomic E-state index is -1.51. The maximum absolute atomic E-state index is 13.9. The number of benzene rings is 2. The number of ether oxygens (including phenoxy) is 1. The summed E-state index contributed by atoms with van der Waals surface area (Å²) >= 11 is 1.36. The summed E-state index contributed by atoms with van der Waals surface area (Å²) in [5.74, 6) is -3.87. The van der Waals surface area contributed by atoms with Crippen molar-refractivity contribution in [2.45, 2.75) is 81.6 Å². The van der Waals surface area contributed by atoms with E-state index in [2.05, 4.69) is 26.6 Å². The second-order valence-corrected chi connectivity index (χ2v) is 15.1. The lowest BCUT2D eigenvalue weighted by molar-refractivity contribution is -0.139. The third-order valence-corrected chi connectivity index (χ3v) is 10.3. The van der Waals surface area contributed by atoms with Crippen LogP contribution in [0.15, 0.2) is 60.5 Å². The number of thioether (sulfide) groups is 1. The predicted molar refractivity (Wildman–Crippen MR) is 212 cm³/mol. The number of imide groups is 1. The molecule has 0 aromatic heterocycles. The van der Waals surface area contributed by atoms with Gasteiger partial charge in [0.25, 0.3) is 0 Å². The number of nitrogens with two attached hydrogens (primary N) is 1. The number of phenolic OH excluding ortho intramolecular Hbond substituents is 2. The van der Waals surface area contributed by atoms with Crippen LogP contribution in [-0.2, 0) is 41.6 Å². The molecule has 7 unspecified atom stereocenters. The number of aliphatic hydroxyl groups excluding tert-OH is 1. The van der Waals surface area contributed by atoms with E-state index in [0.717, 1.165) is 11.1 Å². The van der Waals surface area contributed by atoms with Crippen molar-refractivity contribution >= 4 is 53.4 Å². The van der Waals surface area contributed by atoms with Gasteiger partial charge in [-0.15, -0.1) is 0 Å². The molecule has 4 rings (SSSR count). The van der Waals surface area contributed by atoms with E-state index in [1.54, 1.807) is 24.5 Å². The lowest BCUT2D eigenvalue weighted by Crippen LogP contribution is -2.62. The molecule has 320 valence electrons. The second kappa shape index (κ2) is 21.1. The average molecular weight is 843 g/mol. The fourth-order valence-electron chi connectivity index (χ4n) is 6.37. The number of phenols is 2. The Kier molecular flexibility index (Phi) is 16.3. The Hall–Kier alpha value is -6.06. The Labute approximate surface area is 343 Å². The first-order valence-corrected chi connectivity index (χ1v) is 20.0. The third kappa shape index (κ3) is 13.0. The van der Waals surface area contributed by atoms with Crippen molar-refractivity contribution in [2.75, 3.05) is 25.6 Å². The minimum Gasteiger partial charge on any atom is -0.508 e. The molecule has 2 aliphatic rings. The number of hydrogen-bond donors (Lipinski definition) is 10. The molecule has 21 heteroatoms. The molecule has 0 aliphatic carbocycles. The normalized spacial score (nSPS) is 19.6. The molecule has 7 atom stereocenters. The molecule has 2 aromatic carbocycles. The lowest BCUT2D eigenvalue weighted by atomic mass is 10.0. The highest BCUT2D eigenvalue weighted by Gasteiger charge is 2.41. The summed E-state index contributed by atoms with van der Waals surface area (Å²) in [5, 5.41) is 52.2.